The van der Waals surface area contributed by atoms with Gasteiger partial charge in [-0.05, 0) is 38.8 Å². The highest BCUT2D eigenvalue weighted by molar-refractivity contribution is 5.85. The van der Waals surface area contributed by atoms with Crippen LogP contribution in [0.3, 0.4) is 0 Å². The second-order valence-corrected chi connectivity index (χ2v) is 5.01. The quantitative estimate of drug-likeness (QED) is 0.153. The number of unbranched alkanes of at least 4 members (excludes halogenated alkanes) is 2. The summed E-state index contributed by atoms with van der Waals surface area (Å²) in [5.74, 6) is 0.299. The molecule has 5 heteroatoms. The van der Waals surface area contributed by atoms with Gasteiger partial charge < -0.3 is 21.4 Å². The fraction of sp³-hybridized carbons (Fsp3) is 0.917. The van der Waals surface area contributed by atoms with Gasteiger partial charge in [0, 0.05) is 12.0 Å². The molecule has 0 aliphatic heterocycles. The average Bonchev–Trinajstić information content (AvgIpc) is 2.31. The van der Waals surface area contributed by atoms with Crippen molar-refractivity contribution >= 4 is 5.84 Å². The molecule has 0 fully saturated rings. The van der Waals surface area contributed by atoms with E-state index in [9.17, 15) is 0 Å². The minimum absolute atomic E-state index is 0.231. The van der Waals surface area contributed by atoms with Gasteiger partial charge in [0.15, 0.2) is 0 Å². The zero-order valence-electron chi connectivity index (χ0n) is 11.1. The van der Waals surface area contributed by atoms with Gasteiger partial charge in [0.2, 0.25) is 0 Å². The molecule has 0 saturated carbocycles. The number of amidine groups is 1. The molecule has 0 heterocycles. The third kappa shape index (κ3) is 7.99. The lowest BCUT2D eigenvalue weighted by Gasteiger charge is -2.22. The van der Waals surface area contributed by atoms with Crippen molar-refractivity contribution in [2.45, 2.75) is 46.0 Å². The second kappa shape index (κ2) is 9.24. The molecule has 0 aliphatic rings. The maximum absolute atomic E-state index is 8.62. The van der Waals surface area contributed by atoms with E-state index in [4.69, 9.17) is 16.0 Å². The van der Waals surface area contributed by atoms with E-state index in [1.54, 1.807) is 0 Å². The van der Waals surface area contributed by atoms with Crippen LogP contribution in [-0.2, 0) is 0 Å². The van der Waals surface area contributed by atoms with Crippen LogP contribution in [-0.4, -0.2) is 35.8 Å². The number of nitrogens with two attached hydrogens (primary N) is 1. The molecule has 0 saturated heterocycles. The van der Waals surface area contributed by atoms with Crippen LogP contribution in [0.15, 0.2) is 5.16 Å². The van der Waals surface area contributed by atoms with Crippen molar-refractivity contribution in [3.63, 3.8) is 0 Å². The summed E-state index contributed by atoms with van der Waals surface area (Å²) in [6, 6.07) is 0. The summed E-state index contributed by atoms with van der Waals surface area (Å²) in [7, 11) is 0. The Labute approximate surface area is 104 Å². The van der Waals surface area contributed by atoms with Crippen LogP contribution in [0, 0.1) is 5.41 Å². The van der Waals surface area contributed by atoms with Crippen molar-refractivity contribution in [3.8, 4) is 0 Å². The number of nitrogens with one attached hydrogen (secondary N) is 1. The number of aliphatic hydroxyl groups is 1. The smallest absolute Gasteiger partial charge is 0.144 e. The van der Waals surface area contributed by atoms with Crippen molar-refractivity contribution in [1.29, 1.82) is 0 Å². The maximum atomic E-state index is 8.62. The monoisotopic (exact) mass is 245 g/mol. The third-order valence-corrected chi connectivity index (χ3v) is 2.97. The highest BCUT2D eigenvalue weighted by Crippen LogP contribution is 2.22. The molecule has 0 spiro atoms. The van der Waals surface area contributed by atoms with E-state index in [0.29, 0.717) is 5.84 Å². The van der Waals surface area contributed by atoms with Crippen molar-refractivity contribution in [2.24, 2.45) is 16.3 Å². The molecule has 0 atom stereocenters. The fourth-order valence-electron chi connectivity index (χ4n) is 1.57. The lowest BCUT2D eigenvalue weighted by Crippen LogP contribution is -2.32. The first-order chi connectivity index (χ1) is 8.04. The average molecular weight is 245 g/mol. The molecule has 5 nitrogen and oxygen atoms in total. The van der Waals surface area contributed by atoms with Gasteiger partial charge in [-0.3, -0.25) is 0 Å². The van der Waals surface area contributed by atoms with E-state index in [1.165, 1.54) is 0 Å². The van der Waals surface area contributed by atoms with E-state index in [0.717, 1.165) is 45.2 Å². The van der Waals surface area contributed by atoms with Crippen LogP contribution >= 0.6 is 0 Å². The molecular formula is C12H27N3O2. The van der Waals surface area contributed by atoms with Crippen LogP contribution in [0.2, 0.25) is 0 Å². The molecule has 17 heavy (non-hydrogen) atoms. The Kier molecular flexibility index (Phi) is 8.80. The molecule has 0 aliphatic carbocycles. The Bertz CT molecular complexity index is 218. The van der Waals surface area contributed by atoms with E-state index >= 15 is 0 Å². The molecule has 0 amide bonds. The largest absolute Gasteiger partial charge is 0.409 e. The summed E-state index contributed by atoms with van der Waals surface area (Å²) in [5, 5.41) is 23.6. The topological polar surface area (TPSA) is 90.9 Å². The molecule has 5 N–H and O–H groups in total. The molecule has 0 rings (SSSR count). The molecule has 0 aromatic rings. The minimum atomic E-state index is -0.231. The van der Waals surface area contributed by atoms with Gasteiger partial charge in [0.05, 0.1) is 0 Å². The normalized spacial score (nSPS) is 13.0. The number of hydrogen-bond donors (Lipinski definition) is 4. The van der Waals surface area contributed by atoms with E-state index in [1.807, 2.05) is 13.8 Å². The Morgan fingerprint density at radius 1 is 1.18 bits per heavy atom. The lowest BCUT2D eigenvalue weighted by atomic mass is 9.86. The summed E-state index contributed by atoms with van der Waals surface area (Å²) < 4.78 is 0. The van der Waals surface area contributed by atoms with Gasteiger partial charge in [0.1, 0.15) is 5.84 Å². The summed E-state index contributed by atoms with van der Waals surface area (Å²) in [6.07, 6.45) is 4.94. The van der Waals surface area contributed by atoms with Gasteiger partial charge >= 0.3 is 0 Å². The van der Waals surface area contributed by atoms with Crippen LogP contribution in [0.1, 0.15) is 46.0 Å². The SMILES string of the molecule is CC(C)(CCCCNCCCCO)C(N)=NO. The van der Waals surface area contributed by atoms with Gasteiger partial charge in [0.25, 0.3) is 0 Å². The van der Waals surface area contributed by atoms with E-state index in [-0.39, 0.29) is 12.0 Å². The fourth-order valence-corrected chi connectivity index (χ4v) is 1.57. The Morgan fingerprint density at radius 2 is 1.76 bits per heavy atom. The molecule has 0 radical (unpaired) electrons. The van der Waals surface area contributed by atoms with Crippen molar-refractivity contribution in [3.05, 3.63) is 0 Å². The summed E-state index contributed by atoms with van der Waals surface area (Å²) in [5.41, 5.74) is 5.38. The zero-order valence-corrected chi connectivity index (χ0v) is 11.1. The molecule has 0 bridgehead atoms. The summed E-state index contributed by atoms with van der Waals surface area (Å²) in [6.45, 7) is 6.19. The number of nitrogens with zero attached hydrogens (tertiary/aromatic N) is 1. The lowest BCUT2D eigenvalue weighted by molar-refractivity contribution is 0.283. The molecular weight excluding hydrogens is 218 g/mol. The van der Waals surface area contributed by atoms with Crippen molar-refractivity contribution in [1.82, 2.24) is 5.32 Å². The Morgan fingerprint density at radius 3 is 2.29 bits per heavy atom. The van der Waals surface area contributed by atoms with Gasteiger partial charge in [-0.25, -0.2) is 0 Å². The number of oxime groups is 1. The highest BCUT2D eigenvalue weighted by Gasteiger charge is 2.22. The number of aliphatic hydroxyl groups excluding tert-OH is 1. The standard InChI is InChI=1S/C12H27N3O2/c1-12(2,11(13)15-17)7-3-4-8-14-9-5-6-10-16/h14,16-17H,3-10H2,1-2H3,(H2,13,15). The first-order valence-corrected chi connectivity index (χ1v) is 6.34. The van der Waals surface area contributed by atoms with Crippen LogP contribution in [0.4, 0.5) is 0 Å². The van der Waals surface area contributed by atoms with Gasteiger partial charge in [-0.2, -0.15) is 0 Å². The van der Waals surface area contributed by atoms with Crippen molar-refractivity contribution < 1.29 is 10.3 Å². The maximum Gasteiger partial charge on any atom is 0.144 e. The van der Waals surface area contributed by atoms with Crippen LogP contribution in [0.5, 0.6) is 0 Å². The Balaban J connectivity index is 3.45. The first-order valence-electron chi connectivity index (χ1n) is 6.34. The summed E-state index contributed by atoms with van der Waals surface area (Å²) in [4.78, 5) is 0. The van der Waals surface area contributed by atoms with Crippen LogP contribution in [0.25, 0.3) is 0 Å². The number of rotatable bonds is 10. The molecule has 102 valence electrons. The predicted molar refractivity (Wildman–Crippen MR) is 70.2 cm³/mol. The second-order valence-electron chi connectivity index (χ2n) is 5.01. The highest BCUT2D eigenvalue weighted by atomic mass is 16.4. The number of hydrogen-bond acceptors (Lipinski definition) is 4. The predicted octanol–water partition coefficient (Wildman–Crippen LogP) is 1.29. The minimum Gasteiger partial charge on any atom is -0.409 e. The van der Waals surface area contributed by atoms with E-state index in [2.05, 4.69) is 10.5 Å². The van der Waals surface area contributed by atoms with Crippen LogP contribution < -0.4 is 11.1 Å². The third-order valence-electron chi connectivity index (χ3n) is 2.97. The van der Waals surface area contributed by atoms with Crippen molar-refractivity contribution in [2.75, 3.05) is 19.7 Å². The molecule has 0 aromatic carbocycles. The zero-order chi connectivity index (χ0) is 13.1. The van der Waals surface area contributed by atoms with Gasteiger partial charge in [-0.1, -0.05) is 25.4 Å². The van der Waals surface area contributed by atoms with E-state index < -0.39 is 0 Å². The Hall–Kier alpha value is -0.810. The first kappa shape index (κ1) is 16.2. The summed E-state index contributed by atoms with van der Waals surface area (Å²) >= 11 is 0. The molecule has 0 unspecified atom stereocenters. The van der Waals surface area contributed by atoms with Gasteiger partial charge in [-0.15, -0.1) is 0 Å². The molecule has 0 aromatic heterocycles.